The third kappa shape index (κ3) is 9.59. The van der Waals surface area contributed by atoms with Crippen LogP contribution in [0, 0.1) is 0 Å². The fraction of sp³-hybridized carbons (Fsp3) is 0.722. The molecule has 0 radical (unpaired) electrons. The van der Waals surface area contributed by atoms with Gasteiger partial charge in [0.25, 0.3) is 0 Å². The first-order valence-electron chi connectivity index (χ1n) is 8.71. The maximum absolute atomic E-state index is 5.67. The van der Waals surface area contributed by atoms with Crippen LogP contribution < -0.4 is 11.3 Å². The first-order chi connectivity index (χ1) is 10.4. The van der Waals surface area contributed by atoms with E-state index < -0.39 is 0 Å². The molecule has 0 saturated carbocycles. The van der Waals surface area contributed by atoms with Gasteiger partial charge in [-0.25, -0.2) is 0 Å². The van der Waals surface area contributed by atoms with Crippen molar-refractivity contribution in [2.24, 2.45) is 5.84 Å². The number of aromatic nitrogens is 1. The minimum absolute atomic E-state index is 0.435. The molecule has 1 rings (SSSR count). The van der Waals surface area contributed by atoms with Crippen LogP contribution in [0.5, 0.6) is 0 Å². The van der Waals surface area contributed by atoms with Crippen LogP contribution in [0.4, 0.5) is 0 Å². The van der Waals surface area contributed by atoms with Crippen LogP contribution in [0.25, 0.3) is 0 Å². The molecule has 1 aromatic heterocycles. The Morgan fingerprint density at radius 2 is 1.76 bits per heavy atom. The summed E-state index contributed by atoms with van der Waals surface area (Å²) in [6, 6.07) is 4.57. The zero-order chi connectivity index (χ0) is 15.2. The lowest BCUT2D eigenvalue weighted by Gasteiger charge is -2.15. The quantitative estimate of drug-likeness (QED) is 0.322. The van der Waals surface area contributed by atoms with E-state index in [2.05, 4.69) is 23.4 Å². The van der Waals surface area contributed by atoms with E-state index in [0.717, 1.165) is 12.8 Å². The van der Waals surface area contributed by atoms with Gasteiger partial charge in [-0.3, -0.25) is 16.3 Å². The second-order valence-corrected chi connectivity index (χ2v) is 6.03. The van der Waals surface area contributed by atoms with Gasteiger partial charge in [0, 0.05) is 18.4 Å². The largest absolute Gasteiger partial charge is 0.271 e. The number of rotatable bonds is 13. The summed E-state index contributed by atoms with van der Waals surface area (Å²) in [5.74, 6) is 5.67. The molecule has 21 heavy (non-hydrogen) atoms. The van der Waals surface area contributed by atoms with Crippen LogP contribution in [0.3, 0.4) is 0 Å². The Morgan fingerprint density at radius 3 is 2.38 bits per heavy atom. The third-order valence-electron chi connectivity index (χ3n) is 4.15. The Hall–Kier alpha value is -0.930. The van der Waals surface area contributed by atoms with E-state index in [4.69, 9.17) is 5.84 Å². The number of hydrazine groups is 1. The fourth-order valence-corrected chi connectivity index (χ4v) is 2.72. The molecule has 3 nitrogen and oxygen atoms in total. The van der Waals surface area contributed by atoms with Crippen LogP contribution >= 0.6 is 0 Å². The highest BCUT2D eigenvalue weighted by Gasteiger charge is 2.06. The first kappa shape index (κ1) is 18.1. The van der Waals surface area contributed by atoms with Crippen LogP contribution in [0.1, 0.15) is 76.7 Å². The minimum atomic E-state index is 0.435. The molecule has 0 aliphatic carbocycles. The Morgan fingerprint density at radius 1 is 1.05 bits per heavy atom. The number of pyridine rings is 1. The van der Waals surface area contributed by atoms with Gasteiger partial charge in [0.2, 0.25) is 0 Å². The molecule has 1 unspecified atom stereocenters. The summed E-state index contributed by atoms with van der Waals surface area (Å²) in [6.45, 7) is 2.27. The van der Waals surface area contributed by atoms with Gasteiger partial charge in [-0.15, -0.1) is 0 Å². The Labute approximate surface area is 130 Å². The van der Waals surface area contributed by atoms with Crippen LogP contribution in [-0.2, 0) is 6.42 Å². The average molecular weight is 291 g/mol. The monoisotopic (exact) mass is 291 g/mol. The van der Waals surface area contributed by atoms with Gasteiger partial charge >= 0.3 is 0 Å². The zero-order valence-corrected chi connectivity index (χ0v) is 13.7. The van der Waals surface area contributed by atoms with Crippen LogP contribution in [-0.4, -0.2) is 11.0 Å². The van der Waals surface area contributed by atoms with Crippen LogP contribution in [0.15, 0.2) is 24.5 Å². The molecule has 0 fully saturated rings. The van der Waals surface area contributed by atoms with E-state index >= 15 is 0 Å². The summed E-state index contributed by atoms with van der Waals surface area (Å²) in [4.78, 5) is 4.15. The van der Waals surface area contributed by atoms with Crippen molar-refractivity contribution in [2.75, 3.05) is 0 Å². The maximum atomic E-state index is 5.67. The highest BCUT2D eigenvalue weighted by Crippen LogP contribution is 2.13. The van der Waals surface area contributed by atoms with Gasteiger partial charge in [0.05, 0.1) is 0 Å². The molecule has 1 atom stereocenters. The summed E-state index contributed by atoms with van der Waals surface area (Å²) < 4.78 is 0. The van der Waals surface area contributed by atoms with Crippen molar-refractivity contribution in [1.82, 2.24) is 10.4 Å². The molecule has 0 aliphatic rings. The second-order valence-electron chi connectivity index (χ2n) is 6.03. The van der Waals surface area contributed by atoms with Gasteiger partial charge in [-0.1, -0.05) is 64.4 Å². The van der Waals surface area contributed by atoms with Gasteiger partial charge in [-0.05, 0) is 30.9 Å². The van der Waals surface area contributed by atoms with Crippen molar-refractivity contribution in [1.29, 1.82) is 0 Å². The standard InChI is InChI=1S/C18H33N3/c1-2-3-4-5-6-7-8-9-12-18(21-19)14-13-17-11-10-15-20-16-17/h10-11,15-16,18,21H,2-9,12-14,19H2,1H3. The second kappa shape index (κ2) is 12.8. The van der Waals surface area contributed by atoms with E-state index in [1.165, 1.54) is 63.4 Å². The van der Waals surface area contributed by atoms with Crippen molar-refractivity contribution in [3.63, 3.8) is 0 Å². The zero-order valence-electron chi connectivity index (χ0n) is 13.7. The predicted molar refractivity (Wildman–Crippen MR) is 90.9 cm³/mol. The summed E-state index contributed by atoms with van der Waals surface area (Å²) in [7, 11) is 0. The molecule has 0 aromatic carbocycles. The normalized spacial score (nSPS) is 12.5. The van der Waals surface area contributed by atoms with Crippen molar-refractivity contribution >= 4 is 0 Å². The van der Waals surface area contributed by atoms with E-state index in [-0.39, 0.29) is 0 Å². The number of nitrogens with two attached hydrogens (primary N) is 1. The van der Waals surface area contributed by atoms with Crippen molar-refractivity contribution < 1.29 is 0 Å². The van der Waals surface area contributed by atoms with Gasteiger partial charge in [0.1, 0.15) is 0 Å². The highest BCUT2D eigenvalue weighted by molar-refractivity contribution is 5.08. The molecular formula is C18H33N3. The molecule has 0 aliphatic heterocycles. The number of hydrogen-bond donors (Lipinski definition) is 2. The lowest BCUT2D eigenvalue weighted by molar-refractivity contribution is 0.437. The lowest BCUT2D eigenvalue weighted by Crippen LogP contribution is -2.35. The summed E-state index contributed by atoms with van der Waals surface area (Å²) in [5.41, 5.74) is 4.27. The molecule has 1 heterocycles. The molecule has 1 aromatic rings. The lowest BCUT2D eigenvalue weighted by atomic mass is 10.0. The van der Waals surface area contributed by atoms with E-state index in [1.54, 1.807) is 0 Å². The van der Waals surface area contributed by atoms with Crippen molar-refractivity contribution in [3.05, 3.63) is 30.1 Å². The number of unbranched alkanes of at least 4 members (excludes halogenated alkanes) is 7. The minimum Gasteiger partial charge on any atom is -0.271 e. The Kier molecular flexibility index (Phi) is 11.0. The molecular weight excluding hydrogens is 258 g/mol. The van der Waals surface area contributed by atoms with Gasteiger partial charge in [0.15, 0.2) is 0 Å². The Balaban J connectivity index is 2.01. The number of hydrogen-bond acceptors (Lipinski definition) is 3. The number of nitrogens with zero attached hydrogens (tertiary/aromatic N) is 1. The topological polar surface area (TPSA) is 50.9 Å². The Bertz CT molecular complexity index is 326. The number of nitrogens with one attached hydrogen (secondary N) is 1. The molecule has 120 valence electrons. The van der Waals surface area contributed by atoms with Gasteiger partial charge < -0.3 is 0 Å². The highest BCUT2D eigenvalue weighted by atomic mass is 15.2. The summed E-state index contributed by atoms with van der Waals surface area (Å²) in [6.07, 6.45) is 18.1. The van der Waals surface area contributed by atoms with E-state index in [1.807, 2.05) is 18.5 Å². The predicted octanol–water partition coefficient (Wildman–Crippen LogP) is 4.38. The first-order valence-corrected chi connectivity index (χ1v) is 8.71. The average Bonchev–Trinajstić information content (AvgIpc) is 2.54. The third-order valence-corrected chi connectivity index (χ3v) is 4.15. The maximum Gasteiger partial charge on any atom is 0.0299 e. The summed E-state index contributed by atoms with van der Waals surface area (Å²) >= 11 is 0. The summed E-state index contributed by atoms with van der Waals surface area (Å²) in [5, 5.41) is 0. The molecule has 3 N–H and O–H groups in total. The fourth-order valence-electron chi connectivity index (χ4n) is 2.72. The molecule has 0 spiro atoms. The van der Waals surface area contributed by atoms with Gasteiger partial charge in [-0.2, -0.15) is 0 Å². The van der Waals surface area contributed by atoms with Crippen molar-refractivity contribution in [3.8, 4) is 0 Å². The molecule has 0 saturated heterocycles. The van der Waals surface area contributed by atoms with E-state index in [0.29, 0.717) is 6.04 Å². The molecule has 3 heteroatoms. The smallest absolute Gasteiger partial charge is 0.0299 e. The number of aryl methyl sites for hydroxylation is 1. The SMILES string of the molecule is CCCCCCCCCCC(CCc1cccnc1)NN. The van der Waals surface area contributed by atoms with E-state index in [9.17, 15) is 0 Å². The van der Waals surface area contributed by atoms with Crippen molar-refractivity contribution in [2.45, 2.75) is 83.6 Å². The molecule has 0 amide bonds. The molecule has 0 bridgehead atoms. The van der Waals surface area contributed by atoms with Crippen LogP contribution in [0.2, 0.25) is 0 Å².